The van der Waals surface area contributed by atoms with E-state index in [4.69, 9.17) is 0 Å². The van der Waals surface area contributed by atoms with Crippen molar-refractivity contribution in [1.82, 2.24) is 9.38 Å². The van der Waals surface area contributed by atoms with E-state index in [0.29, 0.717) is 5.69 Å². The van der Waals surface area contributed by atoms with E-state index in [1.807, 2.05) is 0 Å². The number of ketones is 1. The van der Waals surface area contributed by atoms with Gasteiger partial charge in [-0.25, -0.2) is 9.37 Å². The molecule has 78 valence electrons. The summed E-state index contributed by atoms with van der Waals surface area (Å²) in [5.41, 5.74) is 0.626. The topological polar surface area (TPSA) is 34.4 Å². The lowest BCUT2D eigenvalue weighted by molar-refractivity contribution is 0.0933. The number of imidazole rings is 1. The zero-order valence-electron chi connectivity index (χ0n) is 8.57. The minimum Gasteiger partial charge on any atom is -0.295 e. The fourth-order valence-electron chi connectivity index (χ4n) is 1.45. The summed E-state index contributed by atoms with van der Waals surface area (Å²) in [7, 11) is 0. The average molecular weight is 206 g/mol. The molecule has 0 aliphatic carbocycles. The summed E-state index contributed by atoms with van der Waals surface area (Å²) < 4.78 is 14.8. The van der Waals surface area contributed by atoms with Crippen molar-refractivity contribution in [2.75, 3.05) is 0 Å². The van der Waals surface area contributed by atoms with Crippen LogP contribution in [-0.2, 0) is 0 Å². The van der Waals surface area contributed by atoms with Gasteiger partial charge in [0.25, 0.3) is 0 Å². The van der Waals surface area contributed by atoms with Crippen molar-refractivity contribution in [3.63, 3.8) is 0 Å². The van der Waals surface area contributed by atoms with Gasteiger partial charge in [0.2, 0.25) is 0 Å². The second-order valence-electron chi connectivity index (χ2n) is 3.71. The number of carbonyl (C=O) groups is 1. The van der Waals surface area contributed by atoms with Crippen LogP contribution in [0.4, 0.5) is 4.39 Å². The first-order valence-electron chi connectivity index (χ1n) is 4.77. The lowest BCUT2D eigenvalue weighted by Crippen LogP contribution is -2.10. The van der Waals surface area contributed by atoms with Gasteiger partial charge in [-0.05, 0) is 12.1 Å². The summed E-state index contributed by atoms with van der Waals surface area (Å²) in [6.45, 7) is 3.61. The molecule has 0 atom stereocenters. The van der Waals surface area contributed by atoms with Crippen LogP contribution in [-0.4, -0.2) is 15.2 Å². The number of pyridine rings is 1. The van der Waals surface area contributed by atoms with Crippen molar-refractivity contribution in [2.45, 2.75) is 13.8 Å². The Hall–Kier alpha value is -1.71. The number of halogens is 1. The normalized spacial score (nSPS) is 11.2. The average Bonchev–Trinajstić information content (AvgIpc) is 2.61. The number of aromatic nitrogens is 2. The van der Waals surface area contributed by atoms with Gasteiger partial charge >= 0.3 is 0 Å². The van der Waals surface area contributed by atoms with Crippen LogP contribution in [0.5, 0.6) is 0 Å². The molecule has 4 heteroatoms. The predicted octanol–water partition coefficient (Wildman–Crippen LogP) is 2.31. The van der Waals surface area contributed by atoms with Crippen LogP contribution in [0.15, 0.2) is 24.5 Å². The van der Waals surface area contributed by atoms with Gasteiger partial charge in [-0.1, -0.05) is 13.8 Å². The van der Waals surface area contributed by atoms with Crippen molar-refractivity contribution >= 4 is 11.4 Å². The van der Waals surface area contributed by atoms with Crippen molar-refractivity contribution < 1.29 is 9.18 Å². The Labute approximate surface area is 86.6 Å². The third kappa shape index (κ3) is 1.52. The molecule has 0 unspecified atom stereocenters. The van der Waals surface area contributed by atoms with Gasteiger partial charge in [0.05, 0.1) is 6.20 Å². The van der Waals surface area contributed by atoms with Crippen LogP contribution in [0.3, 0.4) is 0 Å². The highest BCUT2D eigenvalue weighted by molar-refractivity contribution is 5.96. The SMILES string of the molecule is CC(C)C(=O)c1cnc2c(F)cccn12. The molecular formula is C11H11FN2O. The quantitative estimate of drug-likeness (QED) is 0.706. The molecule has 0 spiro atoms. The third-order valence-electron chi connectivity index (χ3n) is 2.26. The first-order chi connectivity index (χ1) is 7.11. The molecule has 2 rings (SSSR count). The Morgan fingerprint density at radius 2 is 2.27 bits per heavy atom. The number of Topliss-reactive ketones (excluding diaryl/α,β-unsaturated/α-hetero) is 1. The number of hydrogen-bond acceptors (Lipinski definition) is 2. The van der Waals surface area contributed by atoms with E-state index >= 15 is 0 Å². The lowest BCUT2D eigenvalue weighted by Gasteiger charge is -2.03. The van der Waals surface area contributed by atoms with E-state index in [1.165, 1.54) is 16.7 Å². The number of carbonyl (C=O) groups excluding carboxylic acids is 1. The Morgan fingerprint density at radius 1 is 1.53 bits per heavy atom. The highest BCUT2D eigenvalue weighted by Crippen LogP contribution is 2.13. The molecule has 0 fully saturated rings. The Bertz CT molecular complexity index is 516. The van der Waals surface area contributed by atoms with Gasteiger partial charge in [-0.3, -0.25) is 9.20 Å². The van der Waals surface area contributed by atoms with Gasteiger partial charge in [-0.2, -0.15) is 0 Å². The van der Waals surface area contributed by atoms with Gasteiger partial charge in [0, 0.05) is 12.1 Å². The first-order valence-corrected chi connectivity index (χ1v) is 4.77. The van der Waals surface area contributed by atoms with Gasteiger partial charge in [0.15, 0.2) is 17.2 Å². The van der Waals surface area contributed by atoms with Crippen LogP contribution in [0, 0.1) is 11.7 Å². The van der Waals surface area contributed by atoms with Gasteiger partial charge in [0.1, 0.15) is 5.69 Å². The van der Waals surface area contributed by atoms with Gasteiger partial charge in [-0.15, -0.1) is 0 Å². The van der Waals surface area contributed by atoms with Crippen LogP contribution in [0.1, 0.15) is 24.3 Å². The summed E-state index contributed by atoms with van der Waals surface area (Å²) in [6.07, 6.45) is 3.06. The van der Waals surface area contributed by atoms with Crippen molar-refractivity contribution in [3.8, 4) is 0 Å². The highest BCUT2D eigenvalue weighted by Gasteiger charge is 2.16. The molecular weight excluding hydrogens is 195 g/mol. The van der Waals surface area contributed by atoms with E-state index < -0.39 is 5.82 Å². The molecule has 0 aliphatic heterocycles. The fourth-order valence-corrected chi connectivity index (χ4v) is 1.45. The highest BCUT2D eigenvalue weighted by atomic mass is 19.1. The summed E-state index contributed by atoms with van der Waals surface area (Å²) in [4.78, 5) is 15.6. The number of nitrogens with zero attached hydrogens (tertiary/aromatic N) is 2. The van der Waals surface area contributed by atoms with E-state index in [2.05, 4.69) is 4.98 Å². The van der Waals surface area contributed by atoms with E-state index in [9.17, 15) is 9.18 Å². The first kappa shape index (κ1) is 9.83. The monoisotopic (exact) mass is 206 g/mol. The van der Waals surface area contributed by atoms with Crippen LogP contribution >= 0.6 is 0 Å². The van der Waals surface area contributed by atoms with Crippen LogP contribution in [0.2, 0.25) is 0 Å². The van der Waals surface area contributed by atoms with Crippen molar-refractivity contribution in [3.05, 3.63) is 36.0 Å². The number of fused-ring (bicyclic) bond motifs is 1. The van der Waals surface area contributed by atoms with Gasteiger partial charge < -0.3 is 0 Å². The maximum Gasteiger partial charge on any atom is 0.183 e. The number of hydrogen-bond donors (Lipinski definition) is 0. The largest absolute Gasteiger partial charge is 0.295 e. The second-order valence-corrected chi connectivity index (χ2v) is 3.71. The molecule has 0 amide bonds. The summed E-state index contributed by atoms with van der Waals surface area (Å²) in [5, 5.41) is 0. The molecule has 3 nitrogen and oxygen atoms in total. The zero-order chi connectivity index (χ0) is 11.0. The molecule has 0 N–H and O–H groups in total. The fraction of sp³-hybridized carbons (Fsp3) is 0.273. The predicted molar refractivity (Wildman–Crippen MR) is 54.3 cm³/mol. The zero-order valence-corrected chi connectivity index (χ0v) is 8.57. The Kier molecular flexibility index (Phi) is 2.26. The summed E-state index contributed by atoms with van der Waals surface area (Å²) in [5.74, 6) is -0.568. The maximum absolute atomic E-state index is 13.3. The third-order valence-corrected chi connectivity index (χ3v) is 2.26. The molecule has 2 aromatic heterocycles. The lowest BCUT2D eigenvalue weighted by atomic mass is 10.1. The van der Waals surface area contributed by atoms with Crippen molar-refractivity contribution in [1.29, 1.82) is 0 Å². The molecule has 2 heterocycles. The smallest absolute Gasteiger partial charge is 0.183 e. The van der Waals surface area contributed by atoms with Crippen LogP contribution in [0.25, 0.3) is 5.65 Å². The van der Waals surface area contributed by atoms with Crippen molar-refractivity contribution in [2.24, 2.45) is 5.92 Å². The summed E-state index contributed by atoms with van der Waals surface area (Å²) >= 11 is 0. The molecule has 15 heavy (non-hydrogen) atoms. The standard InChI is InChI=1S/C11H11FN2O/c1-7(2)10(15)9-6-13-11-8(12)4-3-5-14(9)11/h3-7H,1-2H3. The molecule has 0 saturated heterocycles. The second kappa shape index (κ2) is 3.46. The van der Waals surface area contributed by atoms with E-state index in [1.54, 1.807) is 26.1 Å². The van der Waals surface area contributed by atoms with E-state index in [0.717, 1.165) is 0 Å². The minimum atomic E-state index is -0.416. The molecule has 0 aliphatic rings. The minimum absolute atomic E-state index is 0.0342. The summed E-state index contributed by atoms with van der Waals surface area (Å²) in [6, 6.07) is 2.88. The molecule has 0 bridgehead atoms. The molecule has 0 aromatic carbocycles. The molecule has 0 saturated carbocycles. The van der Waals surface area contributed by atoms with Crippen LogP contribution < -0.4 is 0 Å². The maximum atomic E-state index is 13.3. The molecule has 2 aromatic rings. The Balaban J connectivity index is 2.64. The number of rotatable bonds is 2. The van der Waals surface area contributed by atoms with E-state index in [-0.39, 0.29) is 17.3 Å². The Morgan fingerprint density at radius 3 is 2.93 bits per heavy atom. The molecule has 0 radical (unpaired) electrons.